The van der Waals surface area contributed by atoms with E-state index in [1.54, 1.807) is 0 Å². The zero-order valence-corrected chi connectivity index (χ0v) is 16.1. The SMILES string of the molecule is CCCCOCCCNC(=NCCCc1nnc2ccccn12)NCC. The predicted octanol–water partition coefficient (Wildman–Crippen LogP) is 2.42. The maximum absolute atomic E-state index is 5.58. The van der Waals surface area contributed by atoms with Gasteiger partial charge < -0.3 is 15.4 Å². The average molecular weight is 361 g/mol. The van der Waals surface area contributed by atoms with Crippen LogP contribution in [-0.2, 0) is 11.2 Å². The van der Waals surface area contributed by atoms with E-state index in [1.165, 1.54) is 6.42 Å². The van der Waals surface area contributed by atoms with Crippen molar-refractivity contribution in [2.45, 2.75) is 46.0 Å². The first-order chi connectivity index (χ1) is 12.8. The third-order valence-electron chi connectivity index (χ3n) is 3.96. The van der Waals surface area contributed by atoms with E-state index in [2.05, 4.69) is 39.7 Å². The van der Waals surface area contributed by atoms with Gasteiger partial charge in [-0.15, -0.1) is 10.2 Å². The van der Waals surface area contributed by atoms with E-state index < -0.39 is 0 Å². The number of unbranched alkanes of at least 4 members (excludes halogenated alkanes) is 1. The fraction of sp³-hybridized carbons (Fsp3) is 0.632. The van der Waals surface area contributed by atoms with Crippen molar-refractivity contribution in [2.24, 2.45) is 4.99 Å². The Labute approximate surface area is 156 Å². The number of pyridine rings is 1. The molecule has 0 saturated carbocycles. The molecule has 0 saturated heterocycles. The Morgan fingerprint density at radius 1 is 1.12 bits per heavy atom. The van der Waals surface area contributed by atoms with Gasteiger partial charge in [0.15, 0.2) is 11.6 Å². The minimum Gasteiger partial charge on any atom is -0.381 e. The lowest BCUT2D eigenvalue weighted by Gasteiger charge is -2.11. The van der Waals surface area contributed by atoms with Crippen LogP contribution < -0.4 is 10.6 Å². The van der Waals surface area contributed by atoms with Gasteiger partial charge in [0.25, 0.3) is 0 Å². The molecule has 2 N–H and O–H groups in total. The minimum atomic E-state index is 0.754. The van der Waals surface area contributed by atoms with Gasteiger partial charge in [0.1, 0.15) is 5.82 Å². The normalized spacial score (nSPS) is 11.8. The van der Waals surface area contributed by atoms with Crippen LogP contribution in [0, 0.1) is 0 Å². The van der Waals surface area contributed by atoms with Gasteiger partial charge in [-0.25, -0.2) is 0 Å². The highest BCUT2D eigenvalue weighted by Gasteiger charge is 2.04. The molecular weight excluding hydrogens is 328 g/mol. The number of aliphatic imine (C=N–C) groups is 1. The molecule has 0 aliphatic heterocycles. The zero-order chi connectivity index (χ0) is 18.5. The Hall–Kier alpha value is -2.15. The van der Waals surface area contributed by atoms with E-state index in [1.807, 2.05) is 28.8 Å². The van der Waals surface area contributed by atoms with Crippen molar-refractivity contribution in [3.8, 4) is 0 Å². The molecule has 0 aromatic carbocycles. The second-order valence-electron chi connectivity index (χ2n) is 6.16. The van der Waals surface area contributed by atoms with Crippen LogP contribution in [0.25, 0.3) is 5.65 Å². The van der Waals surface area contributed by atoms with Crippen LogP contribution in [0.1, 0.15) is 45.4 Å². The second-order valence-corrected chi connectivity index (χ2v) is 6.16. The Morgan fingerprint density at radius 3 is 2.85 bits per heavy atom. The van der Waals surface area contributed by atoms with Crippen LogP contribution in [-0.4, -0.2) is 53.4 Å². The molecule has 2 aromatic heterocycles. The fourth-order valence-electron chi connectivity index (χ4n) is 2.56. The number of rotatable bonds is 12. The van der Waals surface area contributed by atoms with Crippen molar-refractivity contribution >= 4 is 11.6 Å². The van der Waals surface area contributed by atoms with E-state index in [0.717, 1.165) is 76.0 Å². The molecule has 0 aliphatic carbocycles. The van der Waals surface area contributed by atoms with Gasteiger partial charge in [0, 0.05) is 45.5 Å². The molecule has 0 bridgehead atoms. The number of fused-ring (bicyclic) bond motifs is 1. The van der Waals surface area contributed by atoms with Gasteiger partial charge in [-0.2, -0.15) is 0 Å². The molecule has 2 heterocycles. The Morgan fingerprint density at radius 2 is 2.00 bits per heavy atom. The third-order valence-corrected chi connectivity index (χ3v) is 3.96. The topological polar surface area (TPSA) is 75.8 Å². The summed E-state index contributed by atoms with van der Waals surface area (Å²) in [6.45, 7) is 8.39. The highest BCUT2D eigenvalue weighted by atomic mass is 16.5. The summed E-state index contributed by atoms with van der Waals surface area (Å²) in [4.78, 5) is 4.64. The molecule has 0 fully saturated rings. The number of nitrogens with zero attached hydrogens (tertiary/aromatic N) is 4. The van der Waals surface area contributed by atoms with Gasteiger partial charge in [-0.05, 0) is 38.3 Å². The van der Waals surface area contributed by atoms with Crippen molar-refractivity contribution in [1.29, 1.82) is 0 Å². The molecule has 7 heteroatoms. The molecule has 2 aromatic rings. The summed E-state index contributed by atoms with van der Waals surface area (Å²) in [6, 6.07) is 5.94. The number of aryl methyl sites for hydroxylation is 1. The molecule has 144 valence electrons. The maximum atomic E-state index is 5.58. The first-order valence-corrected chi connectivity index (χ1v) is 9.73. The molecule has 0 atom stereocenters. The molecule has 0 aliphatic rings. The number of aromatic nitrogens is 3. The predicted molar refractivity (Wildman–Crippen MR) is 106 cm³/mol. The molecule has 0 spiro atoms. The van der Waals surface area contributed by atoms with Gasteiger partial charge in [0.2, 0.25) is 0 Å². The fourth-order valence-corrected chi connectivity index (χ4v) is 2.56. The van der Waals surface area contributed by atoms with Crippen molar-refractivity contribution < 1.29 is 4.74 Å². The number of nitrogens with one attached hydrogen (secondary N) is 2. The van der Waals surface area contributed by atoms with Crippen molar-refractivity contribution in [1.82, 2.24) is 25.2 Å². The van der Waals surface area contributed by atoms with Crippen molar-refractivity contribution in [2.75, 3.05) is 32.8 Å². The van der Waals surface area contributed by atoms with Crippen LogP contribution >= 0.6 is 0 Å². The highest BCUT2D eigenvalue weighted by molar-refractivity contribution is 5.79. The zero-order valence-electron chi connectivity index (χ0n) is 16.1. The Bertz CT molecular complexity index is 654. The molecule has 0 radical (unpaired) electrons. The van der Waals surface area contributed by atoms with Crippen LogP contribution in [0.15, 0.2) is 29.4 Å². The van der Waals surface area contributed by atoms with Crippen LogP contribution in [0.4, 0.5) is 0 Å². The number of guanidine groups is 1. The first kappa shape index (κ1) is 20.2. The molecular formula is C19H32N6O. The molecule has 0 unspecified atom stereocenters. The quantitative estimate of drug-likeness (QED) is 0.345. The number of hydrogen-bond acceptors (Lipinski definition) is 4. The summed E-state index contributed by atoms with van der Waals surface area (Å²) in [5.41, 5.74) is 0.891. The van der Waals surface area contributed by atoms with Crippen molar-refractivity contribution in [3.05, 3.63) is 30.2 Å². The smallest absolute Gasteiger partial charge is 0.191 e. The van der Waals surface area contributed by atoms with Crippen LogP contribution in [0.2, 0.25) is 0 Å². The Balaban J connectivity index is 1.67. The van der Waals surface area contributed by atoms with Gasteiger partial charge in [-0.1, -0.05) is 19.4 Å². The molecule has 26 heavy (non-hydrogen) atoms. The standard InChI is InChI=1S/C19H32N6O/c1-3-5-15-26-16-9-13-22-19(20-4-2)21-12-8-11-18-24-23-17-10-6-7-14-25(17)18/h6-7,10,14H,3-5,8-9,11-13,15-16H2,1-2H3,(H2,20,21,22). The number of hydrogen-bond donors (Lipinski definition) is 2. The summed E-state index contributed by atoms with van der Waals surface area (Å²) in [5.74, 6) is 1.85. The monoisotopic (exact) mass is 360 g/mol. The van der Waals surface area contributed by atoms with Gasteiger partial charge in [-0.3, -0.25) is 9.39 Å². The highest BCUT2D eigenvalue weighted by Crippen LogP contribution is 2.05. The lowest BCUT2D eigenvalue weighted by atomic mass is 10.3. The Kier molecular flexibility index (Phi) is 9.50. The molecule has 7 nitrogen and oxygen atoms in total. The van der Waals surface area contributed by atoms with Crippen LogP contribution in [0.3, 0.4) is 0 Å². The second kappa shape index (κ2) is 12.2. The van der Waals surface area contributed by atoms with Gasteiger partial charge in [0.05, 0.1) is 0 Å². The van der Waals surface area contributed by atoms with E-state index in [0.29, 0.717) is 0 Å². The lowest BCUT2D eigenvalue weighted by molar-refractivity contribution is 0.129. The number of ether oxygens (including phenoxy) is 1. The van der Waals surface area contributed by atoms with Crippen molar-refractivity contribution in [3.63, 3.8) is 0 Å². The van der Waals surface area contributed by atoms with E-state index in [4.69, 9.17) is 4.74 Å². The third kappa shape index (κ3) is 7.00. The van der Waals surface area contributed by atoms with E-state index >= 15 is 0 Å². The summed E-state index contributed by atoms with van der Waals surface area (Å²) >= 11 is 0. The van der Waals surface area contributed by atoms with Crippen LogP contribution in [0.5, 0.6) is 0 Å². The lowest BCUT2D eigenvalue weighted by Crippen LogP contribution is -2.38. The summed E-state index contributed by atoms with van der Waals surface area (Å²) in [6.07, 6.45) is 7.10. The average Bonchev–Trinajstić information content (AvgIpc) is 3.07. The molecule has 0 amide bonds. The first-order valence-electron chi connectivity index (χ1n) is 9.73. The summed E-state index contributed by atoms with van der Waals surface area (Å²) in [5, 5.41) is 15.1. The van der Waals surface area contributed by atoms with E-state index in [9.17, 15) is 0 Å². The summed E-state index contributed by atoms with van der Waals surface area (Å²) in [7, 11) is 0. The largest absolute Gasteiger partial charge is 0.381 e. The maximum Gasteiger partial charge on any atom is 0.191 e. The van der Waals surface area contributed by atoms with Gasteiger partial charge >= 0.3 is 0 Å². The van der Waals surface area contributed by atoms with E-state index in [-0.39, 0.29) is 0 Å². The minimum absolute atomic E-state index is 0.754. The molecule has 2 rings (SSSR count). The summed E-state index contributed by atoms with van der Waals surface area (Å²) < 4.78 is 7.61.